The molecule has 0 aromatic carbocycles. The van der Waals surface area contributed by atoms with E-state index in [1.165, 1.54) is 6.42 Å². The van der Waals surface area contributed by atoms with Crippen LogP contribution in [-0.2, 0) is 23.7 Å². The summed E-state index contributed by atoms with van der Waals surface area (Å²) in [5.41, 5.74) is 0. The van der Waals surface area contributed by atoms with Gasteiger partial charge in [0.25, 0.3) is 0 Å². The lowest BCUT2D eigenvalue weighted by Gasteiger charge is -2.23. The van der Waals surface area contributed by atoms with Gasteiger partial charge in [-0.05, 0) is 12.8 Å². The van der Waals surface area contributed by atoms with Crippen LogP contribution in [0.2, 0.25) is 0 Å². The van der Waals surface area contributed by atoms with Crippen molar-refractivity contribution in [2.75, 3.05) is 52.9 Å². The molecular formula is C16H26O5. The quantitative estimate of drug-likeness (QED) is 0.359. The van der Waals surface area contributed by atoms with Crippen LogP contribution in [0, 0.1) is 18.3 Å². The highest BCUT2D eigenvalue weighted by atomic mass is 16.6. The number of hydrogen-bond donors (Lipinski definition) is 0. The molecule has 120 valence electrons. The molecule has 5 nitrogen and oxygen atoms in total. The zero-order valence-electron chi connectivity index (χ0n) is 12.7. The van der Waals surface area contributed by atoms with Crippen molar-refractivity contribution >= 4 is 5.78 Å². The highest BCUT2D eigenvalue weighted by Gasteiger charge is 2.24. The van der Waals surface area contributed by atoms with E-state index in [9.17, 15) is 4.79 Å². The van der Waals surface area contributed by atoms with Crippen molar-refractivity contribution in [3.8, 4) is 12.3 Å². The van der Waals surface area contributed by atoms with Crippen molar-refractivity contribution in [1.82, 2.24) is 0 Å². The number of rotatable bonds is 14. The number of carbonyl (C=O) groups excluding carboxylic acids is 1. The largest absolute Gasteiger partial charge is 0.379 e. The Bertz CT molecular complexity index is 306. The monoisotopic (exact) mass is 298 g/mol. The smallest absolute Gasteiger partial charge is 0.138 e. The molecule has 0 aromatic rings. The minimum atomic E-state index is 0.312. The van der Waals surface area contributed by atoms with E-state index in [4.69, 9.17) is 25.4 Å². The molecule has 0 amide bonds. The van der Waals surface area contributed by atoms with Gasteiger partial charge in [0.1, 0.15) is 12.4 Å². The van der Waals surface area contributed by atoms with Crippen LogP contribution in [0.1, 0.15) is 25.7 Å². The molecule has 1 saturated carbocycles. The van der Waals surface area contributed by atoms with Gasteiger partial charge in [0.15, 0.2) is 0 Å². The van der Waals surface area contributed by atoms with E-state index < -0.39 is 0 Å². The van der Waals surface area contributed by atoms with Gasteiger partial charge < -0.3 is 18.9 Å². The number of hydrogen-bond acceptors (Lipinski definition) is 5. The Balaban J connectivity index is 1.71. The molecule has 0 N–H and O–H groups in total. The molecule has 0 bridgehead atoms. The Morgan fingerprint density at radius 2 is 1.43 bits per heavy atom. The standard InChI is InChI=1S/C16H26O5/c1-2-7-18-9-11-20-13-14-21-12-10-19-8-6-16(17)15-4-3-5-15/h1,15H,3-14H2. The maximum Gasteiger partial charge on any atom is 0.138 e. The van der Waals surface area contributed by atoms with Gasteiger partial charge in [0.2, 0.25) is 0 Å². The minimum absolute atomic E-state index is 0.312. The van der Waals surface area contributed by atoms with Crippen molar-refractivity contribution in [1.29, 1.82) is 0 Å². The van der Waals surface area contributed by atoms with E-state index in [-0.39, 0.29) is 0 Å². The third kappa shape index (κ3) is 9.59. The van der Waals surface area contributed by atoms with Crippen molar-refractivity contribution in [2.24, 2.45) is 5.92 Å². The summed E-state index contributed by atoms with van der Waals surface area (Å²) >= 11 is 0. The number of terminal acetylenes is 1. The van der Waals surface area contributed by atoms with Gasteiger partial charge >= 0.3 is 0 Å². The second-order valence-corrected chi connectivity index (χ2v) is 4.94. The average molecular weight is 298 g/mol. The molecule has 0 aliphatic heterocycles. The predicted octanol–water partition coefficient (Wildman–Crippen LogP) is 1.45. The Morgan fingerprint density at radius 3 is 1.90 bits per heavy atom. The highest BCUT2D eigenvalue weighted by Crippen LogP contribution is 2.27. The van der Waals surface area contributed by atoms with Crippen LogP contribution in [-0.4, -0.2) is 58.6 Å². The van der Waals surface area contributed by atoms with Gasteiger partial charge in [0, 0.05) is 12.3 Å². The predicted molar refractivity (Wildman–Crippen MR) is 79.1 cm³/mol. The van der Waals surface area contributed by atoms with Crippen molar-refractivity contribution in [3.05, 3.63) is 0 Å². The van der Waals surface area contributed by atoms with Gasteiger partial charge in [-0.25, -0.2) is 0 Å². The minimum Gasteiger partial charge on any atom is -0.379 e. The van der Waals surface area contributed by atoms with Crippen LogP contribution in [0.15, 0.2) is 0 Å². The first-order valence-corrected chi connectivity index (χ1v) is 7.61. The molecule has 1 aliphatic rings. The fraction of sp³-hybridized carbons (Fsp3) is 0.812. The first-order valence-electron chi connectivity index (χ1n) is 7.61. The molecule has 0 aromatic heterocycles. The fourth-order valence-corrected chi connectivity index (χ4v) is 1.90. The lowest BCUT2D eigenvalue weighted by atomic mass is 9.81. The van der Waals surface area contributed by atoms with E-state index >= 15 is 0 Å². The van der Waals surface area contributed by atoms with E-state index in [2.05, 4.69) is 5.92 Å². The Labute approximate surface area is 127 Å². The number of ether oxygens (including phenoxy) is 4. The van der Waals surface area contributed by atoms with Crippen LogP contribution in [0.4, 0.5) is 0 Å². The average Bonchev–Trinajstić information content (AvgIpc) is 2.42. The summed E-state index contributed by atoms with van der Waals surface area (Å²) in [4.78, 5) is 11.6. The summed E-state index contributed by atoms with van der Waals surface area (Å²) in [6.45, 7) is 3.94. The number of ketones is 1. The van der Waals surface area contributed by atoms with E-state index in [0.717, 1.165) is 12.8 Å². The SMILES string of the molecule is C#CCOCCOCCOCCOCCC(=O)C1CCC1. The zero-order valence-corrected chi connectivity index (χ0v) is 12.7. The van der Waals surface area contributed by atoms with Crippen LogP contribution >= 0.6 is 0 Å². The summed E-state index contributed by atoms with van der Waals surface area (Å²) < 4.78 is 21.0. The summed E-state index contributed by atoms with van der Waals surface area (Å²) in [6.07, 6.45) is 8.89. The third-order valence-corrected chi connectivity index (χ3v) is 3.35. The van der Waals surface area contributed by atoms with Gasteiger partial charge in [-0.15, -0.1) is 6.42 Å². The third-order valence-electron chi connectivity index (χ3n) is 3.35. The maximum absolute atomic E-state index is 11.6. The molecule has 1 fully saturated rings. The van der Waals surface area contributed by atoms with Crippen molar-refractivity contribution in [3.63, 3.8) is 0 Å². The van der Waals surface area contributed by atoms with Crippen LogP contribution in [0.25, 0.3) is 0 Å². The Kier molecular flexibility index (Phi) is 11.0. The van der Waals surface area contributed by atoms with Gasteiger partial charge in [-0.2, -0.15) is 0 Å². The maximum atomic E-state index is 11.6. The van der Waals surface area contributed by atoms with E-state index in [0.29, 0.717) is 71.0 Å². The zero-order chi connectivity index (χ0) is 15.2. The topological polar surface area (TPSA) is 54.0 Å². The molecule has 0 radical (unpaired) electrons. The van der Waals surface area contributed by atoms with Crippen molar-refractivity contribution < 1.29 is 23.7 Å². The summed E-state index contributed by atoms with van der Waals surface area (Å²) in [5.74, 6) is 3.05. The van der Waals surface area contributed by atoms with Crippen LogP contribution < -0.4 is 0 Å². The van der Waals surface area contributed by atoms with E-state index in [1.807, 2.05) is 0 Å². The molecule has 0 heterocycles. The molecular weight excluding hydrogens is 272 g/mol. The molecule has 0 saturated heterocycles. The summed E-state index contributed by atoms with van der Waals surface area (Å²) in [7, 11) is 0. The van der Waals surface area contributed by atoms with Gasteiger partial charge in [-0.1, -0.05) is 12.3 Å². The first-order chi connectivity index (χ1) is 10.3. The number of Topliss-reactive ketones (excluding diaryl/α,β-unsaturated/α-hetero) is 1. The van der Waals surface area contributed by atoms with Crippen LogP contribution in [0.3, 0.4) is 0 Å². The Morgan fingerprint density at radius 1 is 0.905 bits per heavy atom. The van der Waals surface area contributed by atoms with Gasteiger partial charge in [0.05, 0.1) is 46.2 Å². The normalized spacial score (nSPS) is 14.6. The second kappa shape index (κ2) is 12.8. The molecule has 21 heavy (non-hydrogen) atoms. The van der Waals surface area contributed by atoms with Crippen LogP contribution in [0.5, 0.6) is 0 Å². The molecule has 0 spiro atoms. The lowest BCUT2D eigenvalue weighted by molar-refractivity contribution is -0.126. The highest BCUT2D eigenvalue weighted by molar-refractivity contribution is 5.81. The summed E-state index contributed by atoms with van der Waals surface area (Å²) in [5, 5.41) is 0. The van der Waals surface area contributed by atoms with Gasteiger partial charge in [-0.3, -0.25) is 4.79 Å². The summed E-state index contributed by atoms with van der Waals surface area (Å²) in [6, 6.07) is 0. The van der Waals surface area contributed by atoms with Crippen molar-refractivity contribution in [2.45, 2.75) is 25.7 Å². The molecule has 0 unspecified atom stereocenters. The Hall–Kier alpha value is -0.930. The van der Waals surface area contributed by atoms with E-state index in [1.54, 1.807) is 0 Å². The molecule has 1 aliphatic carbocycles. The molecule has 5 heteroatoms. The first kappa shape index (κ1) is 18.1. The number of carbonyl (C=O) groups is 1. The molecule has 0 atom stereocenters. The molecule has 1 rings (SSSR count). The fourth-order valence-electron chi connectivity index (χ4n) is 1.90. The lowest BCUT2D eigenvalue weighted by Crippen LogP contribution is -2.23. The second-order valence-electron chi connectivity index (χ2n) is 4.94.